The second-order valence-corrected chi connectivity index (χ2v) is 9.83. The van der Waals surface area contributed by atoms with Crippen LogP contribution in [0.1, 0.15) is 39.0 Å². The van der Waals surface area contributed by atoms with Gasteiger partial charge in [-0.15, -0.1) is 0 Å². The van der Waals surface area contributed by atoms with Crippen molar-refractivity contribution in [2.24, 2.45) is 16.8 Å². The Morgan fingerprint density at radius 2 is 2.03 bits per heavy atom. The van der Waals surface area contributed by atoms with Gasteiger partial charge in [-0.1, -0.05) is 37.1 Å². The molecule has 2 heterocycles. The molecule has 0 aromatic heterocycles. The summed E-state index contributed by atoms with van der Waals surface area (Å²) in [4.78, 5) is 20.4. The van der Waals surface area contributed by atoms with Crippen molar-refractivity contribution in [3.63, 3.8) is 0 Å². The van der Waals surface area contributed by atoms with Crippen LogP contribution in [0.3, 0.4) is 0 Å². The van der Waals surface area contributed by atoms with Crippen LogP contribution in [-0.2, 0) is 14.3 Å². The second kappa shape index (κ2) is 8.38. The summed E-state index contributed by atoms with van der Waals surface area (Å²) in [6.07, 6.45) is 13.1. The fraction of sp³-hybridized carbons (Fsp3) is 0.520. The Bertz CT molecular complexity index is 992. The average Bonchev–Trinajstić information content (AvgIpc) is 3.29. The molecule has 5 rings (SSSR count). The van der Waals surface area contributed by atoms with Crippen molar-refractivity contribution < 1.29 is 14.3 Å². The maximum absolute atomic E-state index is 12.3. The number of hydrogen-bond acceptors (Lipinski definition) is 6. The van der Waals surface area contributed by atoms with Gasteiger partial charge in [-0.3, -0.25) is 4.99 Å². The number of ether oxygens (including phenoxy) is 2. The fourth-order valence-corrected chi connectivity index (χ4v) is 6.71. The lowest BCUT2D eigenvalue weighted by Gasteiger charge is -2.27. The van der Waals surface area contributed by atoms with Gasteiger partial charge in [0.2, 0.25) is 0 Å². The molecule has 5 aliphatic rings. The van der Waals surface area contributed by atoms with E-state index in [1.807, 2.05) is 0 Å². The first kappa shape index (κ1) is 20.7. The molecule has 3 aliphatic carbocycles. The lowest BCUT2D eigenvalue weighted by atomic mass is 9.80. The van der Waals surface area contributed by atoms with Crippen LogP contribution < -0.4 is 0 Å². The molecular formula is C25H30N2O3S. The molecule has 1 saturated carbocycles. The molecule has 0 bridgehead atoms. The van der Waals surface area contributed by atoms with E-state index in [-0.39, 0.29) is 11.9 Å². The number of hydrogen-bond donors (Lipinski definition) is 0. The lowest BCUT2D eigenvalue weighted by molar-refractivity contribution is -0.132. The normalized spacial score (nSPS) is 25.8. The van der Waals surface area contributed by atoms with Crippen molar-refractivity contribution in [2.45, 2.75) is 39.0 Å². The molecular weight excluding hydrogens is 408 g/mol. The number of aliphatic imine (C=N–C) groups is 1. The van der Waals surface area contributed by atoms with Crippen molar-refractivity contribution in [1.29, 1.82) is 0 Å². The molecule has 1 unspecified atom stereocenters. The van der Waals surface area contributed by atoms with Crippen LogP contribution in [-0.4, -0.2) is 49.8 Å². The summed E-state index contributed by atoms with van der Waals surface area (Å²) in [5.74, 6) is 1.44. The third-order valence-electron chi connectivity index (χ3n) is 6.85. The summed E-state index contributed by atoms with van der Waals surface area (Å²) < 4.78 is 11.1. The zero-order valence-electron chi connectivity index (χ0n) is 18.6. The van der Waals surface area contributed by atoms with Crippen LogP contribution in [0.25, 0.3) is 0 Å². The van der Waals surface area contributed by atoms with Gasteiger partial charge in [-0.2, -0.15) is 0 Å². The Balaban J connectivity index is 1.65. The van der Waals surface area contributed by atoms with E-state index in [4.69, 9.17) is 9.47 Å². The van der Waals surface area contributed by atoms with E-state index in [1.165, 1.54) is 83.7 Å². The maximum atomic E-state index is 12.3. The first-order chi connectivity index (χ1) is 15.1. The van der Waals surface area contributed by atoms with E-state index >= 15 is 0 Å². The Kier molecular flexibility index (Phi) is 5.59. The molecule has 1 fully saturated rings. The number of fused-ring (bicyclic) bond motifs is 4. The molecule has 5 nitrogen and oxygen atoms in total. The summed E-state index contributed by atoms with van der Waals surface area (Å²) >= 11 is 1.50. The van der Waals surface area contributed by atoms with Crippen LogP contribution >= 0.6 is 11.8 Å². The highest BCUT2D eigenvalue weighted by Crippen LogP contribution is 2.57. The first-order valence-corrected chi connectivity index (χ1v) is 12.2. The molecule has 2 aliphatic heterocycles. The number of allylic oxidation sites excluding steroid dienone is 5. The van der Waals surface area contributed by atoms with Crippen molar-refractivity contribution >= 4 is 22.8 Å². The predicted molar refractivity (Wildman–Crippen MR) is 125 cm³/mol. The molecule has 0 aromatic rings. The van der Waals surface area contributed by atoms with Gasteiger partial charge < -0.3 is 14.4 Å². The van der Waals surface area contributed by atoms with Gasteiger partial charge in [0.15, 0.2) is 5.04 Å². The van der Waals surface area contributed by atoms with Gasteiger partial charge in [0.1, 0.15) is 5.76 Å². The second-order valence-electron chi connectivity index (χ2n) is 8.83. The predicted octanol–water partition coefficient (Wildman–Crippen LogP) is 4.76. The molecule has 0 radical (unpaired) electrons. The Labute approximate surface area is 188 Å². The molecule has 0 amide bonds. The van der Waals surface area contributed by atoms with Crippen LogP contribution in [0, 0.1) is 11.8 Å². The molecule has 164 valence electrons. The average molecular weight is 439 g/mol. The molecule has 0 spiro atoms. The Hall–Kier alpha value is -2.21. The molecule has 0 aromatic carbocycles. The van der Waals surface area contributed by atoms with Gasteiger partial charge in [-0.25, -0.2) is 4.79 Å². The van der Waals surface area contributed by atoms with Gasteiger partial charge in [0.05, 0.1) is 26.2 Å². The van der Waals surface area contributed by atoms with Crippen molar-refractivity contribution in [2.75, 3.05) is 33.9 Å². The van der Waals surface area contributed by atoms with Gasteiger partial charge >= 0.3 is 5.97 Å². The molecule has 0 saturated heterocycles. The summed E-state index contributed by atoms with van der Waals surface area (Å²) in [5.41, 5.74) is 6.84. The summed E-state index contributed by atoms with van der Waals surface area (Å²) in [6.45, 7) is 4.10. The highest BCUT2D eigenvalue weighted by molar-refractivity contribution is 8.19. The summed E-state index contributed by atoms with van der Waals surface area (Å²) in [6, 6.07) is 0. The summed E-state index contributed by atoms with van der Waals surface area (Å²) in [5, 5.41) is 0.465. The standard InChI is InChI=1S/C25H30N2O3S/c1-4-30-19-11-10-17-20(15-8-6-5-7-9-15)22-18(21(17)19)14-27(2)13-16-12-26-24(25(28)29-3)31-23(16)22/h10-11,14-15,21H,4-9,12-13H2,1-3H3. The van der Waals surface area contributed by atoms with Crippen molar-refractivity contribution in [3.05, 3.63) is 56.9 Å². The number of nitrogens with zero attached hydrogens (tertiary/aromatic N) is 2. The number of methoxy groups -OCH3 is 1. The fourth-order valence-electron chi connectivity index (χ4n) is 5.62. The highest BCUT2D eigenvalue weighted by Gasteiger charge is 2.45. The number of likely N-dealkylation sites (N-methyl/N-ethyl adjacent to an activating group) is 1. The number of carbonyl (C=O) groups excluding carboxylic acids is 1. The monoisotopic (exact) mass is 438 g/mol. The maximum Gasteiger partial charge on any atom is 0.363 e. The van der Waals surface area contributed by atoms with Crippen LogP contribution in [0.5, 0.6) is 0 Å². The van der Waals surface area contributed by atoms with Crippen molar-refractivity contribution in [1.82, 2.24) is 4.90 Å². The zero-order chi connectivity index (χ0) is 21.5. The van der Waals surface area contributed by atoms with Gasteiger partial charge in [-0.05, 0) is 59.6 Å². The number of thioether (sulfide) groups is 1. The molecule has 0 N–H and O–H groups in total. The van der Waals surface area contributed by atoms with E-state index in [9.17, 15) is 4.79 Å². The first-order valence-electron chi connectivity index (χ1n) is 11.4. The van der Waals surface area contributed by atoms with Gasteiger partial charge in [0, 0.05) is 24.7 Å². The molecule has 31 heavy (non-hydrogen) atoms. The minimum absolute atomic E-state index is 0.169. The molecule has 1 atom stereocenters. The minimum atomic E-state index is -0.341. The highest BCUT2D eigenvalue weighted by atomic mass is 32.2. The van der Waals surface area contributed by atoms with Crippen LogP contribution in [0.4, 0.5) is 0 Å². The van der Waals surface area contributed by atoms with E-state index in [0.717, 1.165) is 12.3 Å². The van der Waals surface area contributed by atoms with E-state index < -0.39 is 0 Å². The zero-order valence-corrected chi connectivity index (χ0v) is 19.4. The lowest BCUT2D eigenvalue weighted by Crippen LogP contribution is -2.22. The van der Waals surface area contributed by atoms with Crippen LogP contribution in [0.15, 0.2) is 61.9 Å². The van der Waals surface area contributed by atoms with Crippen molar-refractivity contribution in [3.8, 4) is 0 Å². The Morgan fingerprint density at radius 3 is 2.77 bits per heavy atom. The third-order valence-corrected chi connectivity index (χ3v) is 8.03. The third kappa shape index (κ3) is 3.49. The number of esters is 1. The summed E-state index contributed by atoms with van der Waals surface area (Å²) in [7, 11) is 3.56. The Morgan fingerprint density at radius 1 is 1.23 bits per heavy atom. The number of rotatable bonds is 4. The van der Waals surface area contributed by atoms with E-state index in [1.54, 1.807) is 0 Å². The SMILES string of the molecule is CCOC1=CC=C2C(C3CCCCC3)=C3C(=CN(C)CC4=C3SC(C(=O)OC)=NC4)C12. The topological polar surface area (TPSA) is 51.1 Å². The minimum Gasteiger partial charge on any atom is -0.497 e. The van der Waals surface area contributed by atoms with E-state index in [2.05, 4.69) is 42.2 Å². The smallest absolute Gasteiger partial charge is 0.363 e. The van der Waals surface area contributed by atoms with E-state index in [0.29, 0.717) is 24.1 Å². The molecule has 6 heteroatoms. The van der Waals surface area contributed by atoms with Gasteiger partial charge in [0.25, 0.3) is 0 Å². The van der Waals surface area contributed by atoms with Crippen LogP contribution in [0.2, 0.25) is 0 Å². The number of carbonyl (C=O) groups is 1. The quantitative estimate of drug-likeness (QED) is 0.593. The largest absolute Gasteiger partial charge is 0.497 e.